The van der Waals surface area contributed by atoms with Crippen molar-refractivity contribution in [2.24, 2.45) is 0 Å². The minimum absolute atomic E-state index is 0.130. The van der Waals surface area contributed by atoms with Gasteiger partial charge in [-0.25, -0.2) is 4.79 Å². The SMILES string of the molecule is COc1ccc(N2CC(NC(=O)Nc3ccc(OC(F)(F)F)cc3)CC2=O)cc1. The summed E-state index contributed by atoms with van der Waals surface area (Å²) in [5.41, 5.74) is 0.981. The number of hydrogen-bond acceptors (Lipinski definition) is 4. The highest BCUT2D eigenvalue weighted by Gasteiger charge is 2.32. The summed E-state index contributed by atoms with van der Waals surface area (Å²) in [5, 5.41) is 5.19. The van der Waals surface area contributed by atoms with Gasteiger partial charge in [0, 0.05) is 24.3 Å². The number of nitrogens with zero attached hydrogens (tertiary/aromatic N) is 1. The lowest BCUT2D eigenvalue weighted by Crippen LogP contribution is -2.39. The third kappa shape index (κ3) is 5.53. The average molecular weight is 409 g/mol. The predicted octanol–water partition coefficient (Wildman–Crippen LogP) is 3.52. The summed E-state index contributed by atoms with van der Waals surface area (Å²) in [6.45, 7) is 0.303. The van der Waals surface area contributed by atoms with Crippen LogP contribution in [0.25, 0.3) is 0 Å². The quantitative estimate of drug-likeness (QED) is 0.792. The largest absolute Gasteiger partial charge is 0.573 e. The first kappa shape index (κ1) is 20.3. The Bertz CT molecular complexity index is 870. The topological polar surface area (TPSA) is 79.9 Å². The summed E-state index contributed by atoms with van der Waals surface area (Å²) >= 11 is 0. The number of urea groups is 1. The van der Waals surface area contributed by atoms with Crippen molar-refractivity contribution in [3.8, 4) is 11.5 Å². The van der Waals surface area contributed by atoms with Crippen molar-refractivity contribution >= 4 is 23.3 Å². The van der Waals surface area contributed by atoms with Gasteiger partial charge < -0.3 is 25.0 Å². The number of benzene rings is 2. The van der Waals surface area contributed by atoms with Gasteiger partial charge in [-0.2, -0.15) is 0 Å². The molecule has 1 saturated heterocycles. The second kappa shape index (κ2) is 8.29. The fourth-order valence-electron chi connectivity index (χ4n) is 2.91. The minimum atomic E-state index is -4.78. The van der Waals surface area contributed by atoms with Gasteiger partial charge in [0.05, 0.1) is 13.2 Å². The summed E-state index contributed by atoms with van der Waals surface area (Å²) < 4.78 is 45.3. The van der Waals surface area contributed by atoms with E-state index < -0.39 is 18.4 Å². The van der Waals surface area contributed by atoms with Crippen molar-refractivity contribution in [1.82, 2.24) is 5.32 Å². The van der Waals surface area contributed by atoms with Gasteiger partial charge >= 0.3 is 12.4 Å². The lowest BCUT2D eigenvalue weighted by atomic mass is 10.2. The van der Waals surface area contributed by atoms with E-state index in [2.05, 4.69) is 15.4 Å². The van der Waals surface area contributed by atoms with E-state index in [0.29, 0.717) is 18.0 Å². The molecule has 0 aromatic heterocycles. The molecule has 154 valence electrons. The van der Waals surface area contributed by atoms with Crippen LogP contribution >= 0.6 is 0 Å². The van der Waals surface area contributed by atoms with E-state index in [0.717, 1.165) is 12.1 Å². The Hall–Kier alpha value is -3.43. The van der Waals surface area contributed by atoms with Crippen LogP contribution in [0.1, 0.15) is 6.42 Å². The maximum atomic E-state index is 12.2. The molecule has 2 N–H and O–H groups in total. The highest BCUT2D eigenvalue weighted by Crippen LogP contribution is 2.25. The molecule has 10 heteroatoms. The van der Waals surface area contributed by atoms with Gasteiger partial charge in [0.15, 0.2) is 0 Å². The molecule has 0 saturated carbocycles. The first-order chi connectivity index (χ1) is 13.7. The molecule has 3 amide bonds. The van der Waals surface area contributed by atoms with Gasteiger partial charge in [-0.15, -0.1) is 13.2 Å². The number of rotatable bonds is 5. The maximum Gasteiger partial charge on any atom is 0.573 e. The van der Waals surface area contributed by atoms with E-state index in [1.54, 1.807) is 36.3 Å². The molecule has 0 spiro atoms. The Balaban J connectivity index is 1.53. The van der Waals surface area contributed by atoms with Gasteiger partial charge in [-0.1, -0.05) is 0 Å². The van der Waals surface area contributed by atoms with E-state index in [9.17, 15) is 22.8 Å². The summed E-state index contributed by atoms with van der Waals surface area (Å²) in [5.74, 6) is 0.148. The van der Waals surface area contributed by atoms with E-state index in [4.69, 9.17) is 4.74 Å². The molecule has 2 aromatic rings. The van der Waals surface area contributed by atoms with Crippen LogP contribution in [0.15, 0.2) is 48.5 Å². The molecule has 7 nitrogen and oxygen atoms in total. The molecule has 0 bridgehead atoms. The average Bonchev–Trinajstić information content (AvgIpc) is 3.02. The third-order valence-electron chi connectivity index (χ3n) is 4.19. The number of ether oxygens (including phenoxy) is 2. The van der Waals surface area contributed by atoms with Crippen LogP contribution in [0.2, 0.25) is 0 Å². The highest BCUT2D eigenvalue weighted by molar-refractivity contribution is 5.97. The molecule has 1 atom stereocenters. The van der Waals surface area contributed by atoms with Crippen LogP contribution < -0.4 is 25.0 Å². The number of methoxy groups -OCH3 is 1. The molecule has 2 aromatic carbocycles. The van der Waals surface area contributed by atoms with Gasteiger partial charge in [0.2, 0.25) is 5.91 Å². The zero-order valence-corrected chi connectivity index (χ0v) is 15.3. The number of hydrogen-bond donors (Lipinski definition) is 2. The van der Waals surface area contributed by atoms with E-state index in [1.165, 1.54) is 12.1 Å². The van der Waals surface area contributed by atoms with Gasteiger partial charge in [-0.05, 0) is 48.5 Å². The number of alkyl halides is 3. The highest BCUT2D eigenvalue weighted by atomic mass is 19.4. The lowest BCUT2D eigenvalue weighted by molar-refractivity contribution is -0.274. The van der Waals surface area contributed by atoms with Crippen molar-refractivity contribution in [2.75, 3.05) is 23.9 Å². The normalized spacial score (nSPS) is 16.5. The van der Waals surface area contributed by atoms with Crippen molar-refractivity contribution in [1.29, 1.82) is 0 Å². The molecular formula is C19H18F3N3O4. The van der Waals surface area contributed by atoms with Crippen molar-refractivity contribution < 1.29 is 32.2 Å². The third-order valence-corrected chi connectivity index (χ3v) is 4.19. The van der Waals surface area contributed by atoms with Crippen molar-refractivity contribution in [2.45, 2.75) is 18.8 Å². The van der Waals surface area contributed by atoms with Gasteiger partial charge in [0.1, 0.15) is 11.5 Å². The molecule has 0 radical (unpaired) electrons. The predicted molar refractivity (Wildman–Crippen MR) is 99.0 cm³/mol. The number of carbonyl (C=O) groups is 2. The summed E-state index contributed by atoms with van der Waals surface area (Å²) in [6.07, 6.45) is -4.64. The minimum Gasteiger partial charge on any atom is -0.497 e. The van der Waals surface area contributed by atoms with Crippen LogP contribution in [0.3, 0.4) is 0 Å². The number of carbonyl (C=O) groups excluding carboxylic acids is 2. The lowest BCUT2D eigenvalue weighted by Gasteiger charge is -2.18. The van der Waals surface area contributed by atoms with Crippen LogP contribution in [0, 0.1) is 0 Å². The molecule has 0 aliphatic carbocycles. The van der Waals surface area contributed by atoms with Crippen LogP contribution in [-0.4, -0.2) is 38.0 Å². The summed E-state index contributed by atoms with van der Waals surface area (Å²) in [6, 6.07) is 10.8. The summed E-state index contributed by atoms with van der Waals surface area (Å²) in [4.78, 5) is 25.9. The first-order valence-corrected chi connectivity index (χ1v) is 8.61. The van der Waals surface area contributed by atoms with E-state index in [-0.39, 0.29) is 23.8 Å². The van der Waals surface area contributed by atoms with E-state index >= 15 is 0 Å². The Labute approximate surface area is 164 Å². The second-order valence-corrected chi connectivity index (χ2v) is 6.27. The zero-order chi connectivity index (χ0) is 21.0. The second-order valence-electron chi connectivity index (χ2n) is 6.27. The molecule has 1 heterocycles. The van der Waals surface area contributed by atoms with Gasteiger partial charge in [0.25, 0.3) is 0 Å². The fourth-order valence-corrected chi connectivity index (χ4v) is 2.91. The molecule has 1 unspecified atom stereocenters. The molecule has 29 heavy (non-hydrogen) atoms. The van der Waals surface area contributed by atoms with E-state index in [1.807, 2.05) is 0 Å². The Kier molecular flexibility index (Phi) is 5.81. The smallest absolute Gasteiger partial charge is 0.497 e. The first-order valence-electron chi connectivity index (χ1n) is 8.61. The fraction of sp³-hybridized carbons (Fsp3) is 0.263. The molecule has 1 aliphatic heterocycles. The molecule has 3 rings (SSSR count). The Morgan fingerprint density at radius 3 is 2.28 bits per heavy atom. The van der Waals surface area contributed by atoms with Crippen LogP contribution in [0.4, 0.5) is 29.3 Å². The van der Waals surface area contributed by atoms with Gasteiger partial charge in [-0.3, -0.25) is 4.79 Å². The Morgan fingerprint density at radius 2 is 1.69 bits per heavy atom. The number of nitrogens with one attached hydrogen (secondary N) is 2. The Morgan fingerprint density at radius 1 is 1.07 bits per heavy atom. The monoisotopic (exact) mass is 409 g/mol. The van der Waals surface area contributed by atoms with Crippen LogP contribution in [0.5, 0.6) is 11.5 Å². The number of halogens is 3. The van der Waals surface area contributed by atoms with Crippen molar-refractivity contribution in [3.63, 3.8) is 0 Å². The maximum absolute atomic E-state index is 12.2. The molecular weight excluding hydrogens is 391 g/mol. The molecule has 1 aliphatic rings. The molecule has 1 fully saturated rings. The summed E-state index contributed by atoms with van der Waals surface area (Å²) in [7, 11) is 1.55. The number of amides is 3. The standard InChI is InChI=1S/C19H18F3N3O4/c1-28-15-8-4-14(5-9-15)25-11-13(10-17(25)26)24-18(27)23-12-2-6-16(7-3-12)29-19(20,21)22/h2-9,13H,10-11H2,1H3,(H2,23,24,27). The number of anilines is 2. The zero-order valence-electron chi connectivity index (χ0n) is 15.3. The van der Waals surface area contributed by atoms with Crippen LogP contribution in [-0.2, 0) is 4.79 Å². The van der Waals surface area contributed by atoms with Crippen molar-refractivity contribution in [3.05, 3.63) is 48.5 Å².